The normalized spacial score (nSPS) is 14.1. The van der Waals surface area contributed by atoms with E-state index in [4.69, 9.17) is 23.2 Å². The highest BCUT2D eigenvalue weighted by Crippen LogP contribution is 2.26. The number of nitrogens with one attached hydrogen (secondary N) is 1. The van der Waals surface area contributed by atoms with Crippen LogP contribution in [0.1, 0.15) is 28.8 Å². The van der Waals surface area contributed by atoms with Crippen LogP contribution < -0.4 is 5.32 Å². The van der Waals surface area contributed by atoms with Gasteiger partial charge in [-0.1, -0.05) is 35.3 Å². The molecular weight excluding hydrogens is 347 g/mol. The quantitative estimate of drug-likeness (QED) is 0.877. The molecule has 0 unspecified atom stereocenters. The van der Waals surface area contributed by atoms with Gasteiger partial charge in [0, 0.05) is 30.1 Å². The molecule has 0 bridgehead atoms. The molecule has 0 saturated carbocycles. The minimum absolute atomic E-state index is 0.165. The zero-order valence-corrected chi connectivity index (χ0v) is 14.4. The molecule has 0 spiro atoms. The van der Waals surface area contributed by atoms with Crippen LogP contribution >= 0.6 is 23.2 Å². The zero-order valence-electron chi connectivity index (χ0n) is 12.9. The Bertz CT molecular complexity index is 792. The molecule has 1 aliphatic rings. The summed E-state index contributed by atoms with van der Waals surface area (Å²) >= 11 is 11.9. The Kier molecular flexibility index (Phi) is 5.07. The van der Waals surface area contributed by atoms with Gasteiger partial charge in [0.05, 0.1) is 10.7 Å². The van der Waals surface area contributed by atoms with E-state index in [1.165, 1.54) is 0 Å². The van der Waals surface area contributed by atoms with E-state index in [0.29, 0.717) is 34.3 Å². The molecular formula is C18H16Cl2N2O2. The summed E-state index contributed by atoms with van der Waals surface area (Å²) in [4.78, 5) is 26.0. The van der Waals surface area contributed by atoms with Gasteiger partial charge in [-0.15, -0.1) is 0 Å². The fraction of sp³-hybridized carbons (Fsp3) is 0.222. The van der Waals surface area contributed by atoms with Crippen molar-refractivity contribution in [3.05, 3.63) is 63.6 Å². The number of halogens is 2. The van der Waals surface area contributed by atoms with Crippen molar-refractivity contribution >= 4 is 40.7 Å². The highest BCUT2D eigenvalue weighted by Gasteiger charge is 2.20. The van der Waals surface area contributed by atoms with Gasteiger partial charge in [0.1, 0.15) is 0 Å². The fourth-order valence-electron chi connectivity index (χ4n) is 2.69. The fourth-order valence-corrected chi connectivity index (χ4v) is 3.14. The van der Waals surface area contributed by atoms with Gasteiger partial charge in [0.25, 0.3) is 5.91 Å². The average molecular weight is 363 g/mol. The van der Waals surface area contributed by atoms with E-state index in [1.54, 1.807) is 30.3 Å². The Morgan fingerprint density at radius 2 is 2.00 bits per heavy atom. The van der Waals surface area contributed by atoms with Crippen molar-refractivity contribution in [3.8, 4) is 0 Å². The molecule has 4 nitrogen and oxygen atoms in total. The van der Waals surface area contributed by atoms with Crippen molar-refractivity contribution < 1.29 is 9.59 Å². The molecule has 6 heteroatoms. The van der Waals surface area contributed by atoms with Gasteiger partial charge in [-0.2, -0.15) is 0 Å². The molecule has 124 valence electrons. The summed E-state index contributed by atoms with van der Waals surface area (Å²) in [5.74, 6) is -0.0911. The van der Waals surface area contributed by atoms with Crippen molar-refractivity contribution in [2.45, 2.75) is 19.4 Å². The summed E-state index contributed by atoms with van der Waals surface area (Å²) in [7, 11) is 0. The van der Waals surface area contributed by atoms with Gasteiger partial charge in [-0.05, 0) is 42.3 Å². The number of carbonyl (C=O) groups is 2. The lowest BCUT2D eigenvalue weighted by atomic mass is 10.1. The lowest BCUT2D eigenvalue weighted by Crippen LogP contribution is -2.24. The van der Waals surface area contributed by atoms with Gasteiger partial charge in [0.2, 0.25) is 5.91 Å². The van der Waals surface area contributed by atoms with Gasteiger partial charge < -0.3 is 10.2 Å². The standard InChI is InChI=1S/C18H16Cl2N2O2/c19-14-6-7-16(15(20)10-14)21-18(24)13-4-1-3-12(9-13)11-22-8-2-5-17(22)23/h1,3-4,6-7,9-10H,2,5,8,11H2,(H,21,24). The van der Waals surface area contributed by atoms with E-state index in [9.17, 15) is 9.59 Å². The molecule has 1 heterocycles. The molecule has 2 aromatic rings. The predicted octanol–water partition coefficient (Wildman–Crippen LogP) is 4.37. The number of rotatable bonds is 4. The second-order valence-electron chi connectivity index (χ2n) is 5.70. The van der Waals surface area contributed by atoms with Crippen LogP contribution in [0.25, 0.3) is 0 Å². The molecule has 0 aliphatic carbocycles. The van der Waals surface area contributed by atoms with Crippen LogP contribution in [-0.2, 0) is 11.3 Å². The third kappa shape index (κ3) is 3.89. The van der Waals surface area contributed by atoms with Crippen molar-refractivity contribution in [2.75, 3.05) is 11.9 Å². The smallest absolute Gasteiger partial charge is 0.255 e. The van der Waals surface area contributed by atoms with Gasteiger partial charge in [0.15, 0.2) is 0 Å². The van der Waals surface area contributed by atoms with Gasteiger partial charge in [-0.25, -0.2) is 0 Å². The summed E-state index contributed by atoms with van der Waals surface area (Å²) in [5, 5.41) is 3.67. The maximum Gasteiger partial charge on any atom is 0.255 e. The summed E-state index contributed by atoms with van der Waals surface area (Å²) in [6, 6.07) is 12.2. The average Bonchev–Trinajstić information content (AvgIpc) is 2.95. The van der Waals surface area contributed by atoms with Crippen LogP contribution in [0.5, 0.6) is 0 Å². The molecule has 2 aromatic carbocycles. The van der Waals surface area contributed by atoms with E-state index < -0.39 is 0 Å². The Hall–Kier alpha value is -2.04. The number of amides is 2. The number of carbonyl (C=O) groups excluding carboxylic acids is 2. The highest BCUT2D eigenvalue weighted by atomic mass is 35.5. The number of anilines is 1. The lowest BCUT2D eigenvalue weighted by molar-refractivity contribution is -0.128. The van der Waals surface area contributed by atoms with Gasteiger partial charge >= 0.3 is 0 Å². The minimum Gasteiger partial charge on any atom is -0.338 e. The van der Waals surface area contributed by atoms with Crippen LogP contribution in [-0.4, -0.2) is 23.3 Å². The summed E-state index contributed by atoms with van der Waals surface area (Å²) in [6.45, 7) is 1.30. The molecule has 0 radical (unpaired) electrons. The first-order valence-electron chi connectivity index (χ1n) is 7.66. The summed E-state index contributed by atoms with van der Waals surface area (Å²) < 4.78 is 0. The first-order valence-corrected chi connectivity index (χ1v) is 8.41. The topological polar surface area (TPSA) is 49.4 Å². The summed E-state index contributed by atoms with van der Waals surface area (Å²) in [5.41, 5.74) is 1.96. The highest BCUT2D eigenvalue weighted by molar-refractivity contribution is 6.36. The molecule has 1 aliphatic heterocycles. The zero-order chi connectivity index (χ0) is 17.1. The van der Waals surface area contributed by atoms with E-state index in [2.05, 4.69) is 5.32 Å². The molecule has 1 N–H and O–H groups in total. The molecule has 2 amide bonds. The lowest BCUT2D eigenvalue weighted by Gasteiger charge is -2.16. The van der Waals surface area contributed by atoms with E-state index in [-0.39, 0.29) is 11.8 Å². The van der Waals surface area contributed by atoms with E-state index >= 15 is 0 Å². The number of nitrogens with zero attached hydrogens (tertiary/aromatic N) is 1. The Balaban J connectivity index is 1.73. The maximum atomic E-state index is 12.4. The maximum absolute atomic E-state index is 12.4. The minimum atomic E-state index is -0.256. The van der Waals surface area contributed by atoms with Crippen molar-refractivity contribution in [2.24, 2.45) is 0 Å². The monoisotopic (exact) mass is 362 g/mol. The van der Waals surface area contributed by atoms with Crippen molar-refractivity contribution in [1.29, 1.82) is 0 Å². The van der Waals surface area contributed by atoms with Crippen LogP contribution in [0.3, 0.4) is 0 Å². The third-order valence-electron chi connectivity index (χ3n) is 3.91. The van der Waals surface area contributed by atoms with E-state index in [0.717, 1.165) is 18.5 Å². The Labute approximate surface area is 150 Å². The third-order valence-corrected chi connectivity index (χ3v) is 4.46. The van der Waals surface area contributed by atoms with Crippen molar-refractivity contribution in [3.63, 3.8) is 0 Å². The van der Waals surface area contributed by atoms with Gasteiger partial charge in [-0.3, -0.25) is 9.59 Å². The SMILES string of the molecule is O=C(Nc1ccc(Cl)cc1Cl)c1cccc(CN2CCCC2=O)c1. The second kappa shape index (κ2) is 7.24. The summed E-state index contributed by atoms with van der Waals surface area (Å²) in [6.07, 6.45) is 1.50. The molecule has 3 rings (SSSR count). The number of likely N-dealkylation sites (tertiary alicyclic amines) is 1. The van der Waals surface area contributed by atoms with Crippen LogP contribution in [0.15, 0.2) is 42.5 Å². The van der Waals surface area contributed by atoms with Crippen LogP contribution in [0, 0.1) is 0 Å². The molecule has 1 saturated heterocycles. The van der Waals surface area contributed by atoms with Crippen LogP contribution in [0.2, 0.25) is 10.0 Å². The van der Waals surface area contributed by atoms with Crippen LogP contribution in [0.4, 0.5) is 5.69 Å². The molecule has 24 heavy (non-hydrogen) atoms. The largest absolute Gasteiger partial charge is 0.338 e. The molecule has 0 aromatic heterocycles. The van der Waals surface area contributed by atoms with E-state index in [1.807, 2.05) is 17.0 Å². The Morgan fingerprint density at radius 1 is 1.17 bits per heavy atom. The first-order chi connectivity index (χ1) is 11.5. The predicted molar refractivity (Wildman–Crippen MR) is 95.5 cm³/mol. The number of hydrogen-bond donors (Lipinski definition) is 1. The molecule has 0 atom stereocenters. The number of benzene rings is 2. The van der Waals surface area contributed by atoms with Crippen molar-refractivity contribution in [1.82, 2.24) is 4.90 Å². The second-order valence-corrected chi connectivity index (χ2v) is 6.54. The Morgan fingerprint density at radius 3 is 2.71 bits per heavy atom. The number of hydrogen-bond acceptors (Lipinski definition) is 2. The first kappa shape index (κ1) is 16.8. The molecule has 1 fully saturated rings.